The molecule has 1 aliphatic rings. The Bertz CT molecular complexity index is 1040. The van der Waals surface area contributed by atoms with Crippen molar-refractivity contribution in [1.29, 1.82) is 0 Å². The van der Waals surface area contributed by atoms with Crippen molar-refractivity contribution in [2.24, 2.45) is 5.73 Å². The number of fused-ring (bicyclic) bond motifs is 3. The number of primary amides is 1. The summed E-state index contributed by atoms with van der Waals surface area (Å²) in [6.45, 7) is 0.143. The molecule has 0 saturated heterocycles. The van der Waals surface area contributed by atoms with E-state index in [1.165, 1.54) is 0 Å². The molecule has 0 heterocycles. The van der Waals surface area contributed by atoms with Crippen LogP contribution in [0.2, 0.25) is 0 Å². The molecule has 3 aromatic carbocycles. The number of hydrogen-bond donors (Lipinski definition) is 3. The van der Waals surface area contributed by atoms with Gasteiger partial charge < -0.3 is 20.9 Å². The number of nitrogens with one attached hydrogen (secondary N) is 1. The summed E-state index contributed by atoms with van der Waals surface area (Å²) in [5.74, 6) is -0.980. The summed E-state index contributed by atoms with van der Waals surface area (Å²) < 4.78 is 5.52. The van der Waals surface area contributed by atoms with Crippen molar-refractivity contribution in [2.45, 2.75) is 24.5 Å². The topological polar surface area (TPSA) is 102 Å². The quantitative estimate of drug-likeness (QED) is 0.551. The summed E-state index contributed by atoms with van der Waals surface area (Å²) in [6.07, 6.45) is -1.99. The van der Waals surface area contributed by atoms with E-state index in [1.54, 1.807) is 0 Å². The number of nitrogens with two attached hydrogens (primary N) is 1. The number of ether oxygens (including phenoxy) is 1. The Morgan fingerprint density at radius 2 is 1.45 bits per heavy atom. The highest BCUT2D eigenvalue weighted by molar-refractivity contribution is 5.81. The third kappa shape index (κ3) is 4.44. The molecule has 4 N–H and O–H groups in total. The molecule has 0 spiro atoms. The van der Waals surface area contributed by atoms with Gasteiger partial charge in [-0.25, -0.2) is 4.79 Å². The Balaban J connectivity index is 1.46. The fraction of sp³-hybridized carbons (Fsp3) is 0.200. The lowest BCUT2D eigenvalue weighted by Gasteiger charge is -2.23. The van der Waals surface area contributed by atoms with Crippen molar-refractivity contribution in [3.05, 3.63) is 95.6 Å². The van der Waals surface area contributed by atoms with Crippen LogP contribution >= 0.6 is 0 Å². The Labute approximate surface area is 180 Å². The minimum absolute atomic E-state index is 0.0770. The first kappa shape index (κ1) is 20.6. The van der Waals surface area contributed by atoms with Crippen LogP contribution in [-0.2, 0) is 16.0 Å². The maximum absolute atomic E-state index is 12.6. The van der Waals surface area contributed by atoms with E-state index in [4.69, 9.17) is 10.5 Å². The number of rotatable bonds is 7. The second kappa shape index (κ2) is 9.02. The third-order valence-electron chi connectivity index (χ3n) is 5.62. The Morgan fingerprint density at radius 3 is 2.03 bits per heavy atom. The second-order valence-corrected chi connectivity index (χ2v) is 7.61. The number of aliphatic hydroxyl groups is 1. The van der Waals surface area contributed by atoms with Gasteiger partial charge in [0.2, 0.25) is 5.91 Å². The second-order valence-electron chi connectivity index (χ2n) is 7.61. The zero-order valence-electron chi connectivity index (χ0n) is 16.9. The van der Waals surface area contributed by atoms with Gasteiger partial charge in [-0.15, -0.1) is 0 Å². The van der Waals surface area contributed by atoms with Crippen molar-refractivity contribution < 1.29 is 19.4 Å². The molecule has 31 heavy (non-hydrogen) atoms. The number of alkyl carbamates (subject to hydrolysis) is 1. The Morgan fingerprint density at radius 1 is 0.903 bits per heavy atom. The molecule has 0 fully saturated rings. The predicted molar refractivity (Wildman–Crippen MR) is 117 cm³/mol. The average Bonchev–Trinajstić information content (AvgIpc) is 3.11. The van der Waals surface area contributed by atoms with Gasteiger partial charge in [0, 0.05) is 5.92 Å². The SMILES string of the molecule is NC(=O)C(O)C(Cc1ccccc1)NC(=O)OCC1c2ccccc2-c2ccccc21. The molecular weight excluding hydrogens is 392 g/mol. The molecule has 0 radical (unpaired) electrons. The molecule has 0 aliphatic heterocycles. The van der Waals surface area contributed by atoms with Gasteiger partial charge in [-0.3, -0.25) is 4.79 Å². The van der Waals surface area contributed by atoms with Crippen LogP contribution in [0.1, 0.15) is 22.6 Å². The van der Waals surface area contributed by atoms with E-state index in [1.807, 2.05) is 66.7 Å². The van der Waals surface area contributed by atoms with E-state index in [2.05, 4.69) is 17.4 Å². The highest BCUT2D eigenvalue weighted by Crippen LogP contribution is 2.44. The van der Waals surface area contributed by atoms with Crippen LogP contribution in [0, 0.1) is 0 Å². The molecule has 2 atom stereocenters. The van der Waals surface area contributed by atoms with Crippen molar-refractivity contribution >= 4 is 12.0 Å². The highest BCUT2D eigenvalue weighted by Gasteiger charge is 2.30. The summed E-state index contributed by atoms with van der Waals surface area (Å²) in [5, 5.41) is 12.8. The lowest BCUT2D eigenvalue weighted by atomic mass is 9.98. The van der Waals surface area contributed by atoms with Gasteiger partial charge in [0.15, 0.2) is 6.10 Å². The van der Waals surface area contributed by atoms with Gasteiger partial charge in [0.05, 0.1) is 6.04 Å². The molecule has 0 bridgehead atoms. The number of benzene rings is 3. The maximum atomic E-state index is 12.6. The first-order chi connectivity index (χ1) is 15.0. The predicted octanol–water partition coefficient (Wildman–Crippen LogP) is 2.98. The average molecular weight is 416 g/mol. The lowest BCUT2D eigenvalue weighted by molar-refractivity contribution is -0.127. The van der Waals surface area contributed by atoms with Crippen LogP contribution in [0.5, 0.6) is 0 Å². The lowest BCUT2D eigenvalue weighted by Crippen LogP contribution is -2.50. The van der Waals surface area contributed by atoms with Gasteiger partial charge in [0.1, 0.15) is 6.61 Å². The largest absolute Gasteiger partial charge is 0.449 e. The van der Waals surface area contributed by atoms with Crippen LogP contribution in [-0.4, -0.2) is 35.9 Å². The number of carbonyl (C=O) groups excluding carboxylic acids is 2. The molecule has 0 saturated carbocycles. The molecule has 6 nitrogen and oxygen atoms in total. The number of hydrogen-bond acceptors (Lipinski definition) is 4. The van der Waals surface area contributed by atoms with Gasteiger partial charge in [-0.1, -0.05) is 78.9 Å². The van der Waals surface area contributed by atoms with E-state index in [0.717, 1.165) is 27.8 Å². The van der Waals surface area contributed by atoms with Crippen LogP contribution in [0.3, 0.4) is 0 Å². The number of aliphatic hydroxyl groups excluding tert-OH is 1. The Hall–Kier alpha value is -3.64. The molecule has 2 amide bonds. The van der Waals surface area contributed by atoms with Gasteiger partial charge >= 0.3 is 6.09 Å². The van der Waals surface area contributed by atoms with E-state index in [-0.39, 0.29) is 18.9 Å². The molecule has 4 rings (SSSR count). The molecule has 1 aliphatic carbocycles. The van der Waals surface area contributed by atoms with Gasteiger partial charge in [-0.2, -0.15) is 0 Å². The Kier molecular flexibility index (Phi) is 6.00. The smallest absolute Gasteiger partial charge is 0.407 e. The highest BCUT2D eigenvalue weighted by atomic mass is 16.5. The monoisotopic (exact) mass is 416 g/mol. The van der Waals surface area contributed by atoms with Gasteiger partial charge in [0.25, 0.3) is 0 Å². The van der Waals surface area contributed by atoms with Crippen molar-refractivity contribution in [3.63, 3.8) is 0 Å². The van der Waals surface area contributed by atoms with Crippen molar-refractivity contribution in [1.82, 2.24) is 5.32 Å². The van der Waals surface area contributed by atoms with E-state index >= 15 is 0 Å². The first-order valence-corrected chi connectivity index (χ1v) is 10.2. The summed E-state index contributed by atoms with van der Waals surface area (Å²) >= 11 is 0. The molecule has 3 aromatic rings. The van der Waals surface area contributed by atoms with Crippen LogP contribution in [0.25, 0.3) is 11.1 Å². The summed E-state index contributed by atoms with van der Waals surface area (Å²) in [5.41, 5.74) is 10.6. The van der Waals surface area contributed by atoms with Gasteiger partial charge in [-0.05, 0) is 34.2 Å². The first-order valence-electron chi connectivity index (χ1n) is 10.2. The summed E-state index contributed by atoms with van der Waals surface area (Å²) in [7, 11) is 0. The molecule has 0 aromatic heterocycles. The minimum atomic E-state index is -1.53. The van der Waals surface area contributed by atoms with Crippen molar-refractivity contribution in [3.8, 4) is 11.1 Å². The standard InChI is InChI=1S/C25H24N2O4/c26-24(29)23(28)22(14-16-8-2-1-3-9-16)27-25(30)31-15-21-19-12-6-4-10-17(19)18-11-5-7-13-20(18)21/h1-13,21-23,28H,14-15H2,(H2,26,29)(H,27,30). The van der Waals surface area contributed by atoms with Crippen LogP contribution < -0.4 is 11.1 Å². The molecule has 6 heteroatoms. The molecule has 2 unspecified atom stereocenters. The fourth-order valence-corrected chi connectivity index (χ4v) is 4.10. The fourth-order valence-electron chi connectivity index (χ4n) is 4.10. The zero-order chi connectivity index (χ0) is 21.8. The number of carbonyl (C=O) groups is 2. The minimum Gasteiger partial charge on any atom is -0.449 e. The summed E-state index contributed by atoms with van der Waals surface area (Å²) in [4.78, 5) is 24.1. The van der Waals surface area contributed by atoms with E-state index < -0.39 is 24.1 Å². The number of amides is 2. The van der Waals surface area contributed by atoms with Crippen molar-refractivity contribution in [2.75, 3.05) is 6.61 Å². The maximum Gasteiger partial charge on any atom is 0.407 e. The van der Waals surface area contributed by atoms with Crippen LogP contribution in [0.15, 0.2) is 78.9 Å². The normalized spacial score (nSPS) is 14.2. The van der Waals surface area contributed by atoms with E-state index in [0.29, 0.717) is 0 Å². The third-order valence-corrected chi connectivity index (χ3v) is 5.62. The molecule has 158 valence electrons. The summed E-state index contributed by atoms with van der Waals surface area (Å²) in [6, 6.07) is 24.5. The van der Waals surface area contributed by atoms with Crippen LogP contribution in [0.4, 0.5) is 4.79 Å². The zero-order valence-corrected chi connectivity index (χ0v) is 16.9. The van der Waals surface area contributed by atoms with E-state index in [9.17, 15) is 14.7 Å². The molecular formula is C25H24N2O4.